The molecule has 4 nitrogen and oxygen atoms in total. The number of nitrogens with zero attached hydrogens (tertiary/aromatic N) is 1. The number of carbonyl (C=O) groups is 1. The van der Waals surface area contributed by atoms with Gasteiger partial charge in [0.05, 0.1) is 13.2 Å². The number of aliphatic hydroxyl groups excluding tert-OH is 1. The lowest BCUT2D eigenvalue weighted by atomic mass is 10.1. The maximum absolute atomic E-state index is 10.7. The van der Waals surface area contributed by atoms with Crippen LogP contribution in [0.25, 0.3) is 0 Å². The van der Waals surface area contributed by atoms with Gasteiger partial charge in [0.2, 0.25) is 0 Å². The number of hydrogen-bond donors (Lipinski definition) is 1. The standard InChI is InChI=1S/C6H11NO3/c1-7-2-5(3-8)4-10-6(7)9/h5,8H,2-4H2,1H3. The van der Waals surface area contributed by atoms with Crippen molar-refractivity contribution in [3.8, 4) is 0 Å². The number of hydrogen-bond acceptors (Lipinski definition) is 3. The molecule has 4 heteroatoms. The zero-order valence-corrected chi connectivity index (χ0v) is 5.91. The molecule has 0 spiro atoms. The Balaban J connectivity index is 2.40. The van der Waals surface area contributed by atoms with Gasteiger partial charge in [0, 0.05) is 19.5 Å². The van der Waals surface area contributed by atoms with Crippen molar-refractivity contribution in [3.63, 3.8) is 0 Å². The largest absolute Gasteiger partial charge is 0.449 e. The highest BCUT2D eigenvalue weighted by Crippen LogP contribution is 2.07. The Morgan fingerprint density at radius 3 is 3.10 bits per heavy atom. The summed E-state index contributed by atoms with van der Waals surface area (Å²) in [5, 5.41) is 8.68. The van der Waals surface area contributed by atoms with Crippen LogP contribution in [0.4, 0.5) is 4.79 Å². The predicted molar refractivity (Wildman–Crippen MR) is 34.6 cm³/mol. The maximum atomic E-state index is 10.7. The highest BCUT2D eigenvalue weighted by molar-refractivity contribution is 5.67. The first-order chi connectivity index (χ1) is 4.74. The highest BCUT2D eigenvalue weighted by Gasteiger charge is 2.22. The average Bonchev–Trinajstić information content (AvgIpc) is 1.95. The van der Waals surface area contributed by atoms with Crippen molar-refractivity contribution in [1.82, 2.24) is 4.90 Å². The molecule has 1 N–H and O–H groups in total. The van der Waals surface area contributed by atoms with E-state index < -0.39 is 0 Å². The Labute approximate surface area is 59.4 Å². The number of aliphatic hydroxyl groups is 1. The zero-order chi connectivity index (χ0) is 7.56. The molecule has 1 unspecified atom stereocenters. The number of amides is 1. The van der Waals surface area contributed by atoms with Crippen LogP contribution < -0.4 is 0 Å². The van der Waals surface area contributed by atoms with Gasteiger partial charge in [0.1, 0.15) is 0 Å². The van der Waals surface area contributed by atoms with Gasteiger partial charge < -0.3 is 14.7 Å². The second kappa shape index (κ2) is 2.88. The predicted octanol–water partition coefficient (Wildman–Crippen LogP) is -0.323. The van der Waals surface area contributed by atoms with E-state index in [1.165, 1.54) is 4.90 Å². The van der Waals surface area contributed by atoms with E-state index in [9.17, 15) is 4.79 Å². The van der Waals surface area contributed by atoms with E-state index in [4.69, 9.17) is 9.84 Å². The molecule has 1 heterocycles. The normalized spacial score (nSPS) is 26.4. The van der Waals surface area contributed by atoms with Crippen LogP contribution in [0.15, 0.2) is 0 Å². The van der Waals surface area contributed by atoms with Gasteiger partial charge >= 0.3 is 6.09 Å². The fourth-order valence-electron chi connectivity index (χ4n) is 0.924. The molecule has 1 atom stereocenters. The van der Waals surface area contributed by atoms with Gasteiger partial charge in [-0.2, -0.15) is 0 Å². The molecule has 0 aromatic carbocycles. The molecule has 0 aliphatic carbocycles. The minimum atomic E-state index is -0.301. The van der Waals surface area contributed by atoms with Gasteiger partial charge in [0.15, 0.2) is 0 Å². The van der Waals surface area contributed by atoms with Crippen LogP contribution in [0, 0.1) is 5.92 Å². The van der Waals surface area contributed by atoms with Gasteiger partial charge in [0.25, 0.3) is 0 Å². The fraction of sp³-hybridized carbons (Fsp3) is 0.833. The zero-order valence-electron chi connectivity index (χ0n) is 5.91. The monoisotopic (exact) mass is 145 g/mol. The van der Waals surface area contributed by atoms with Crippen molar-refractivity contribution in [3.05, 3.63) is 0 Å². The van der Waals surface area contributed by atoms with Gasteiger partial charge in [-0.1, -0.05) is 0 Å². The molecule has 58 valence electrons. The van der Waals surface area contributed by atoms with E-state index >= 15 is 0 Å². The Kier molecular flexibility index (Phi) is 2.11. The molecular formula is C6H11NO3. The molecule has 1 aliphatic heterocycles. The highest BCUT2D eigenvalue weighted by atomic mass is 16.6. The third-order valence-corrected chi connectivity index (χ3v) is 1.54. The van der Waals surface area contributed by atoms with Gasteiger partial charge in [-0.3, -0.25) is 0 Å². The third-order valence-electron chi connectivity index (χ3n) is 1.54. The van der Waals surface area contributed by atoms with Gasteiger partial charge in [-0.15, -0.1) is 0 Å². The molecule has 0 radical (unpaired) electrons. The van der Waals surface area contributed by atoms with E-state index in [1.807, 2.05) is 0 Å². The average molecular weight is 145 g/mol. The summed E-state index contributed by atoms with van der Waals surface area (Å²) in [5.41, 5.74) is 0. The van der Waals surface area contributed by atoms with Crippen molar-refractivity contribution >= 4 is 6.09 Å². The van der Waals surface area contributed by atoms with Gasteiger partial charge in [-0.25, -0.2) is 4.79 Å². The topological polar surface area (TPSA) is 49.8 Å². The van der Waals surface area contributed by atoms with Crippen LogP contribution in [-0.2, 0) is 4.74 Å². The van der Waals surface area contributed by atoms with Crippen LogP contribution >= 0.6 is 0 Å². The lowest BCUT2D eigenvalue weighted by Crippen LogP contribution is -2.41. The second-order valence-corrected chi connectivity index (χ2v) is 2.51. The van der Waals surface area contributed by atoms with Crippen molar-refractivity contribution in [2.75, 3.05) is 26.8 Å². The van der Waals surface area contributed by atoms with E-state index in [-0.39, 0.29) is 18.6 Å². The number of carbonyl (C=O) groups excluding carboxylic acids is 1. The second-order valence-electron chi connectivity index (χ2n) is 2.51. The van der Waals surface area contributed by atoms with E-state index in [2.05, 4.69) is 0 Å². The molecule has 1 saturated heterocycles. The Morgan fingerprint density at radius 1 is 1.90 bits per heavy atom. The fourth-order valence-corrected chi connectivity index (χ4v) is 0.924. The van der Waals surface area contributed by atoms with Crippen LogP contribution in [0.5, 0.6) is 0 Å². The summed E-state index contributed by atoms with van der Waals surface area (Å²) in [6.07, 6.45) is -0.301. The van der Waals surface area contributed by atoms with Crippen molar-refractivity contribution in [2.24, 2.45) is 5.92 Å². The smallest absolute Gasteiger partial charge is 0.409 e. The summed E-state index contributed by atoms with van der Waals surface area (Å²) in [7, 11) is 1.66. The summed E-state index contributed by atoms with van der Waals surface area (Å²) in [5.74, 6) is 0.0858. The number of cyclic esters (lactones) is 1. The molecule has 1 amide bonds. The first-order valence-electron chi connectivity index (χ1n) is 3.22. The quantitative estimate of drug-likeness (QED) is 0.550. The Bertz CT molecular complexity index is 137. The van der Waals surface area contributed by atoms with E-state index in [0.717, 1.165) is 0 Å². The van der Waals surface area contributed by atoms with E-state index in [0.29, 0.717) is 13.2 Å². The summed E-state index contributed by atoms with van der Waals surface area (Å²) in [4.78, 5) is 12.1. The minimum Gasteiger partial charge on any atom is -0.449 e. The lowest BCUT2D eigenvalue weighted by molar-refractivity contribution is 0.0337. The Hall–Kier alpha value is -0.770. The first-order valence-corrected chi connectivity index (χ1v) is 3.22. The molecule has 1 aliphatic rings. The molecule has 0 saturated carbocycles. The summed E-state index contributed by atoms with van der Waals surface area (Å²) in [6.45, 7) is 1.02. The van der Waals surface area contributed by atoms with Crippen LogP contribution in [0.1, 0.15) is 0 Å². The molecule has 0 bridgehead atoms. The molecule has 0 aromatic rings. The third kappa shape index (κ3) is 1.39. The van der Waals surface area contributed by atoms with E-state index in [1.54, 1.807) is 7.05 Å². The number of ether oxygens (including phenoxy) is 1. The summed E-state index contributed by atoms with van der Waals surface area (Å²) >= 11 is 0. The van der Waals surface area contributed by atoms with Crippen LogP contribution in [0.3, 0.4) is 0 Å². The first kappa shape index (κ1) is 7.34. The molecule has 0 aromatic heterocycles. The summed E-state index contributed by atoms with van der Waals surface area (Å²) < 4.78 is 4.72. The summed E-state index contributed by atoms with van der Waals surface area (Å²) in [6, 6.07) is 0. The van der Waals surface area contributed by atoms with Gasteiger partial charge in [-0.05, 0) is 0 Å². The van der Waals surface area contributed by atoms with Crippen LogP contribution in [0.2, 0.25) is 0 Å². The van der Waals surface area contributed by atoms with Crippen molar-refractivity contribution in [2.45, 2.75) is 0 Å². The maximum Gasteiger partial charge on any atom is 0.409 e. The molecular weight excluding hydrogens is 134 g/mol. The van der Waals surface area contributed by atoms with Crippen LogP contribution in [-0.4, -0.2) is 42.9 Å². The number of rotatable bonds is 1. The molecule has 10 heavy (non-hydrogen) atoms. The lowest BCUT2D eigenvalue weighted by Gasteiger charge is -2.27. The minimum absolute atomic E-state index is 0.0810. The molecule has 1 fully saturated rings. The van der Waals surface area contributed by atoms with Crippen molar-refractivity contribution in [1.29, 1.82) is 0 Å². The Morgan fingerprint density at radius 2 is 2.60 bits per heavy atom. The van der Waals surface area contributed by atoms with Crippen molar-refractivity contribution < 1.29 is 14.6 Å². The molecule has 1 rings (SSSR count). The SMILES string of the molecule is CN1CC(CO)COC1=O.